The van der Waals surface area contributed by atoms with Crippen LogP contribution in [-0.2, 0) is 16.0 Å². The number of nitrogens with one attached hydrogen (secondary N) is 1. The number of carbonyl (C=O) groups is 2. The zero-order valence-corrected chi connectivity index (χ0v) is 13.3. The fourth-order valence-electron chi connectivity index (χ4n) is 2.24. The summed E-state index contributed by atoms with van der Waals surface area (Å²) in [6.07, 6.45) is 2.59. The van der Waals surface area contributed by atoms with Crippen LogP contribution >= 0.6 is 0 Å². The van der Waals surface area contributed by atoms with E-state index in [0.717, 1.165) is 6.42 Å². The molecule has 2 rings (SSSR count). The second-order valence-corrected chi connectivity index (χ2v) is 5.46. The molecule has 0 fully saturated rings. The van der Waals surface area contributed by atoms with Crippen LogP contribution in [0.5, 0.6) is 0 Å². The molecule has 1 aromatic carbocycles. The Kier molecular flexibility index (Phi) is 6.06. The lowest BCUT2D eigenvalue weighted by molar-refractivity contribution is -0.141. The Labute approximate surface area is 138 Å². The molecule has 0 aliphatic carbocycles. The van der Waals surface area contributed by atoms with Gasteiger partial charge < -0.3 is 14.8 Å². The Morgan fingerprint density at radius 1 is 1.33 bits per heavy atom. The van der Waals surface area contributed by atoms with E-state index in [-0.39, 0.29) is 24.7 Å². The molecule has 0 spiro atoms. The molecule has 6 nitrogen and oxygen atoms in total. The Bertz CT molecular complexity index is 697. The van der Waals surface area contributed by atoms with Crippen molar-refractivity contribution in [1.29, 1.82) is 0 Å². The molecule has 1 heterocycles. The van der Waals surface area contributed by atoms with Crippen molar-refractivity contribution in [2.24, 2.45) is 5.92 Å². The average Bonchev–Trinajstić information content (AvgIpc) is 3.00. The van der Waals surface area contributed by atoms with Crippen LogP contribution in [0.15, 0.2) is 34.9 Å². The van der Waals surface area contributed by atoms with Gasteiger partial charge >= 0.3 is 5.97 Å². The van der Waals surface area contributed by atoms with E-state index in [0.29, 0.717) is 23.6 Å². The van der Waals surface area contributed by atoms with Gasteiger partial charge in [0.2, 0.25) is 11.8 Å². The molecule has 2 aromatic rings. The van der Waals surface area contributed by atoms with E-state index in [2.05, 4.69) is 10.3 Å². The molecule has 0 aliphatic rings. The van der Waals surface area contributed by atoms with E-state index in [1.54, 1.807) is 0 Å². The minimum absolute atomic E-state index is 0.0108. The first-order valence-electron chi connectivity index (χ1n) is 7.69. The van der Waals surface area contributed by atoms with Crippen LogP contribution in [0.25, 0.3) is 11.5 Å². The molecule has 1 aromatic heterocycles. The molecule has 24 heavy (non-hydrogen) atoms. The Balaban J connectivity index is 1.90. The van der Waals surface area contributed by atoms with Crippen LogP contribution in [0.4, 0.5) is 4.39 Å². The first kappa shape index (κ1) is 17.7. The smallest absolute Gasteiger partial charge is 0.308 e. The number of aromatic nitrogens is 1. The maximum absolute atomic E-state index is 12.9. The van der Waals surface area contributed by atoms with E-state index < -0.39 is 11.9 Å². The highest BCUT2D eigenvalue weighted by molar-refractivity contribution is 5.79. The van der Waals surface area contributed by atoms with Crippen molar-refractivity contribution in [3.05, 3.63) is 42.0 Å². The van der Waals surface area contributed by atoms with Crippen molar-refractivity contribution in [1.82, 2.24) is 10.3 Å². The topological polar surface area (TPSA) is 92.4 Å². The largest absolute Gasteiger partial charge is 0.481 e. The van der Waals surface area contributed by atoms with Gasteiger partial charge in [-0.15, -0.1) is 0 Å². The molecular weight excluding hydrogens is 315 g/mol. The molecule has 0 aliphatic heterocycles. The summed E-state index contributed by atoms with van der Waals surface area (Å²) in [7, 11) is 0. The number of carboxylic acid groups (broad SMARTS) is 1. The summed E-state index contributed by atoms with van der Waals surface area (Å²) in [4.78, 5) is 27.1. The molecule has 1 amide bonds. The predicted molar refractivity (Wildman–Crippen MR) is 84.6 cm³/mol. The summed E-state index contributed by atoms with van der Waals surface area (Å²) in [5.41, 5.74) is 1.03. The van der Waals surface area contributed by atoms with Gasteiger partial charge in [-0.1, -0.05) is 13.3 Å². The maximum Gasteiger partial charge on any atom is 0.308 e. The molecular formula is C17H19FN2O4. The van der Waals surface area contributed by atoms with Crippen molar-refractivity contribution in [2.45, 2.75) is 26.2 Å². The third-order valence-electron chi connectivity index (χ3n) is 3.52. The Hall–Kier alpha value is -2.70. The molecule has 0 saturated carbocycles. The molecule has 128 valence electrons. The second kappa shape index (κ2) is 8.24. The Morgan fingerprint density at radius 3 is 2.67 bits per heavy atom. The van der Waals surface area contributed by atoms with Crippen molar-refractivity contribution in [3.8, 4) is 11.5 Å². The zero-order chi connectivity index (χ0) is 17.5. The van der Waals surface area contributed by atoms with Gasteiger partial charge in [0.05, 0.1) is 18.0 Å². The summed E-state index contributed by atoms with van der Waals surface area (Å²) < 4.78 is 18.2. The van der Waals surface area contributed by atoms with Crippen molar-refractivity contribution < 1.29 is 23.5 Å². The highest BCUT2D eigenvalue weighted by Gasteiger charge is 2.18. The van der Waals surface area contributed by atoms with Gasteiger partial charge in [0.15, 0.2) is 0 Å². The monoisotopic (exact) mass is 334 g/mol. The normalized spacial score (nSPS) is 11.9. The van der Waals surface area contributed by atoms with Gasteiger partial charge in [0.25, 0.3) is 0 Å². The fraction of sp³-hybridized carbons (Fsp3) is 0.353. The van der Waals surface area contributed by atoms with Gasteiger partial charge in [0.1, 0.15) is 12.1 Å². The molecule has 0 saturated heterocycles. The van der Waals surface area contributed by atoms with Gasteiger partial charge in [-0.25, -0.2) is 9.37 Å². The number of carboxylic acids is 1. The van der Waals surface area contributed by atoms with Gasteiger partial charge in [-0.05, 0) is 30.7 Å². The van der Waals surface area contributed by atoms with Crippen LogP contribution in [0.2, 0.25) is 0 Å². The third kappa shape index (κ3) is 4.91. The van der Waals surface area contributed by atoms with E-state index in [4.69, 9.17) is 9.52 Å². The Morgan fingerprint density at radius 2 is 2.04 bits per heavy atom. The molecule has 0 bridgehead atoms. The van der Waals surface area contributed by atoms with Gasteiger partial charge in [0, 0.05) is 12.1 Å². The highest BCUT2D eigenvalue weighted by atomic mass is 19.1. The average molecular weight is 334 g/mol. The standard InChI is InChI=1S/C17H19FN2O4/c1-2-3-12(17(22)23)9-19-15(21)8-14-10-24-16(20-14)11-4-6-13(18)7-5-11/h4-7,10,12H,2-3,8-9H2,1H3,(H,19,21)(H,22,23). The lowest BCUT2D eigenvalue weighted by Gasteiger charge is -2.11. The van der Waals surface area contributed by atoms with E-state index in [1.165, 1.54) is 30.5 Å². The number of nitrogens with zero attached hydrogens (tertiary/aromatic N) is 1. The first-order valence-corrected chi connectivity index (χ1v) is 7.69. The SMILES string of the molecule is CCCC(CNC(=O)Cc1coc(-c2ccc(F)cc2)n1)C(=O)O. The quantitative estimate of drug-likeness (QED) is 0.774. The number of amides is 1. The summed E-state index contributed by atoms with van der Waals surface area (Å²) in [5, 5.41) is 11.7. The zero-order valence-electron chi connectivity index (χ0n) is 13.3. The fourth-order valence-corrected chi connectivity index (χ4v) is 2.24. The lowest BCUT2D eigenvalue weighted by Crippen LogP contribution is -2.33. The summed E-state index contributed by atoms with van der Waals surface area (Å²) >= 11 is 0. The van der Waals surface area contributed by atoms with E-state index in [9.17, 15) is 14.0 Å². The minimum atomic E-state index is -0.919. The summed E-state index contributed by atoms with van der Waals surface area (Å²) in [6.45, 7) is 1.98. The second-order valence-electron chi connectivity index (χ2n) is 5.46. The third-order valence-corrected chi connectivity index (χ3v) is 3.52. The van der Waals surface area contributed by atoms with Crippen LogP contribution in [0.3, 0.4) is 0 Å². The van der Waals surface area contributed by atoms with E-state index in [1.807, 2.05) is 6.92 Å². The molecule has 0 radical (unpaired) electrons. The molecule has 1 unspecified atom stereocenters. The summed E-state index contributed by atoms with van der Waals surface area (Å²) in [6, 6.07) is 5.66. The van der Waals surface area contributed by atoms with Crippen molar-refractivity contribution >= 4 is 11.9 Å². The number of halogens is 1. The first-order chi connectivity index (χ1) is 11.5. The number of benzene rings is 1. The number of hydrogen-bond donors (Lipinski definition) is 2. The van der Waals surface area contributed by atoms with Crippen LogP contribution in [-0.4, -0.2) is 28.5 Å². The summed E-state index contributed by atoms with van der Waals surface area (Å²) in [5.74, 6) is -1.89. The molecule has 1 atom stereocenters. The number of hydrogen-bond acceptors (Lipinski definition) is 4. The van der Waals surface area contributed by atoms with Crippen LogP contribution in [0.1, 0.15) is 25.5 Å². The van der Waals surface area contributed by atoms with E-state index >= 15 is 0 Å². The number of oxazole rings is 1. The highest BCUT2D eigenvalue weighted by Crippen LogP contribution is 2.19. The van der Waals surface area contributed by atoms with Crippen molar-refractivity contribution in [2.75, 3.05) is 6.54 Å². The molecule has 7 heteroatoms. The number of aliphatic carboxylic acids is 1. The lowest BCUT2D eigenvalue weighted by atomic mass is 10.0. The maximum atomic E-state index is 12.9. The molecule has 2 N–H and O–H groups in total. The minimum Gasteiger partial charge on any atom is -0.481 e. The number of rotatable bonds is 8. The van der Waals surface area contributed by atoms with Crippen LogP contribution < -0.4 is 5.32 Å². The number of carbonyl (C=O) groups excluding carboxylic acids is 1. The van der Waals surface area contributed by atoms with Gasteiger partial charge in [-0.2, -0.15) is 0 Å². The van der Waals surface area contributed by atoms with Gasteiger partial charge in [-0.3, -0.25) is 9.59 Å². The predicted octanol–water partition coefficient (Wildman–Crippen LogP) is 2.64. The van der Waals surface area contributed by atoms with Crippen LogP contribution in [0, 0.1) is 11.7 Å². The van der Waals surface area contributed by atoms with Crippen molar-refractivity contribution in [3.63, 3.8) is 0 Å².